The highest BCUT2D eigenvalue weighted by Gasteiger charge is 2.08. The molecule has 114 valence electrons. The topological polar surface area (TPSA) is 91.8 Å². The predicted octanol–water partition coefficient (Wildman–Crippen LogP) is -0.0309. The second-order valence-electron chi connectivity index (χ2n) is 4.18. The molecule has 1 heterocycles. The number of aliphatic hydroxyl groups excluding tert-OH is 1. The third-order valence-electron chi connectivity index (χ3n) is 2.69. The SMILES string of the molecule is COC(=O)/C=C/CNC(=O)c1cc(N(C)CCO)ccn1. The summed E-state index contributed by atoms with van der Waals surface area (Å²) in [6, 6.07) is 3.39. The number of nitrogens with one attached hydrogen (secondary N) is 1. The molecule has 21 heavy (non-hydrogen) atoms. The molecule has 7 nitrogen and oxygen atoms in total. The van der Waals surface area contributed by atoms with Crippen LogP contribution in [-0.2, 0) is 9.53 Å². The first kappa shape index (κ1) is 16.6. The lowest BCUT2D eigenvalue weighted by Gasteiger charge is -2.18. The van der Waals surface area contributed by atoms with Crippen molar-refractivity contribution in [3.8, 4) is 0 Å². The Morgan fingerprint density at radius 1 is 1.52 bits per heavy atom. The predicted molar refractivity (Wildman–Crippen MR) is 78.1 cm³/mol. The van der Waals surface area contributed by atoms with Crippen LogP contribution in [0.25, 0.3) is 0 Å². The first-order chi connectivity index (χ1) is 10.1. The van der Waals surface area contributed by atoms with E-state index in [1.54, 1.807) is 12.1 Å². The van der Waals surface area contributed by atoms with E-state index in [0.717, 1.165) is 5.69 Å². The van der Waals surface area contributed by atoms with E-state index < -0.39 is 5.97 Å². The van der Waals surface area contributed by atoms with Gasteiger partial charge in [0.2, 0.25) is 0 Å². The van der Waals surface area contributed by atoms with Gasteiger partial charge >= 0.3 is 5.97 Å². The number of pyridine rings is 1. The van der Waals surface area contributed by atoms with E-state index >= 15 is 0 Å². The van der Waals surface area contributed by atoms with Crippen molar-refractivity contribution < 1.29 is 19.4 Å². The molecule has 1 rings (SSSR count). The molecule has 2 N–H and O–H groups in total. The van der Waals surface area contributed by atoms with Crippen LogP contribution in [0.5, 0.6) is 0 Å². The number of likely N-dealkylation sites (N-methyl/N-ethyl adjacent to an activating group) is 1. The van der Waals surface area contributed by atoms with Gasteiger partial charge < -0.3 is 20.1 Å². The van der Waals surface area contributed by atoms with E-state index in [1.165, 1.54) is 25.5 Å². The number of hydrogen-bond donors (Lipinski definition) is 2. The number of carbonyl (C=O) groups excluding carboxylic acids is 2. The summed E-state index contributed by atoms with van der Waals surface area (Å²) in [5.74, 6) is -0.821. The molecule has 0 aliphatic heterocycles. The fourth-order valence-corrected chi connectivity index (χ4v) is 1.53. The van der Waals surface area contributed by atoms with Crippen LogP contribution in [0, 0.1) is 0 Å². The molecule has 0 saturated carbocycles. The van der Waals surface area contributed by atoms with Gasteiger partial charge in [-0.1, -0.05) is 6.08 Å². The zero-order valence-corrected chi connectivity index (χ0v) is 12.1. The number of ether oxygens (including phenoxy) is 1. The maximum Gasteiger partial charge on any atom is 0.330 e. The molecular weight excluding hydrogens is 274 g/mol. The number of esters is 1. The van der Waals surface area contributed by atoms with Gasteiger partial charge in [-0.05, 0) is 12.1 Å². The number of methoxy groups -OCH3 is 1. The van der Waals surface area contributed by atoms with E-state index in [1.807, 2.05) is 11.9 Å². The minimum absolute atomic E-state index is 0.0265. The second-order valence-corrected chi connectivity index (χ2v) is 4.18. The number of aromatic nitrogens is 1. The molecule has 7 heteroatoms. The van der Waals surface area contributed by atoms with Gasteiger partial charge in [-0.2, -0.15) is 0 Å². The number of hydrogen-bond acceptors (Lipinski definition) is 6. The van der Waals surface area contributed by atoms with Crippen molar-refractivity contribution in [2.75, 3.05) is 38.8 Å². The number of amides is 1. The Balaban J connectivity index is 2.60. The molecular formula is C14H19N3O4. The second kappa shape index (κ2) is 8.70. The van der Waals surface area contributed by atoms with Crippen LogP contribution in [0.4, 0.5) is 5.69 Å². The van der Waals surface area contributed by atoms with Gasteiger partial charge in [0.1, 0.15) is 5.69 Å². The monoisotopic (exact) mass is 293 g/mol. The van der Waals surface area contributed by atoms with Gasteiger partial charge in [-0.25, -0.2) is 4.79 Å². The molecule has 0 aliphatic rings. The van der Waals surface area contributed by atoms with Crippen molar-refractivity contribution in [3.05, 3.63) is 36.2 Å². The zero-order chi connectivity index (χ0) is 15.7. The summed E-state index contributed by atoms with van der Waals surface area (Å²) < 4.78 is 4.43. The van der Waals surface area contributed by atoms with Crippen LogP contribution >= 0.6 is 0 Å². The van der Waals surface area contributed by atoms with Crippen molar-refractivity contribution in [3.63, 3.8) is 0 Å². The molecule has 1 aromatic heterocycles. The van der Waals surface area contributed by atoms with E-state index in [9.17, 15) is 9.59 Å². The highest BCUT2D eigenvalue weighted by atomic mass is 16.5. The summed E-state index contributed by atoms with van der Waals surface area (Å²) in [6.07, 6.45) is 4.26. The summed E-state index contributed by atoms with van der Waals surface area (Å²) >= 11 is 0. The van der Waals surface area contributed by atoms with Crippen LogP contribution in [0.15, 0.2) is 30.5 Å². The minimum Gasteiger partial charge on any atom is -0.466 e. The minimum atomic E-state index is -0.477. The maximum absolute atomic E-state index is 11.9. The van der Waals surface area contributed by atoms with E-state index in [2.05, 4.69) is 15.0 Å². The highest BCUT2D eigenvalue weighted by Crippen LogP contribution is 2.12. The standard InChI is InChI=1S/C14H19N3O4/c1-17(8-9-18)11-5-7-15-12(10-11)14(20)16-6-3-4-13(19)21-2/h3-5,7,10,18H,6,8-9H2,1-2H3,(H,16,20)/b4-3+. The Hall–Kier alpha value is -2.41. The van der Waals surface area contributed by atoms with Gasteiger partial charge in [0.15, 0.2) is 0 Å². The van der Waals surface area contributed by atoms with Crippen molar-refractivity contribution in [2.24, 2.45) is 0 Å². The first-order valence-electron chi connectivity index (χ1n) is 6.39. The molecule has 1 amide bonds. The fraction of sp³-hybridized carbons (Fsp3) is 0.357. The van der Waals surface area contributed by atoms with Gasteiger partial charge in [0.25, 0.3) is 5.91 Å². The Kier molecular flexibility index (Phi) is 6.90. The molecule has 0 aromatic carbocycles. The lowest BCUT2D eigenvalue weighted by molar-refractivity contribution is -0.134. The van der Waals surface area contributed by atoms with Gasteiger partial charge in [0, 0.05) is 38.1 Å². The normalized spacial score (nSPS) is 10.4. The Bertz CT molecular complexity index is 517. The Morgan fingerprint density at radius 2 is 2.29 bits per heavy atom. The molecule has 0 saturated heterocycles. The molecule has 0 fully saturated rings. The van der Waals surface area contributed by atoms with Gasteiger partial charge in [0.05, 0.1) is 13.7 Å². The number of nitrogens with zero attached hydrogens (tertiary/aromatic N) is 2. The molecule has 1 aromatic rings. The van der Waals surface area contributed by atoms with E-state index in [4.69, 9.17) is 5.11 Å². The summed E-state index contributed by atoms with van der Waals surface area (Å²) in [5, 5.41) is 11.5. The first-order valence-corrected chi connectivity index (χ1v) is 6.39. The summed E-state index contributed by atoms with van der Waals surface area (Å²) in [4.78, 5) is 28.6. The molecule has 0 unspecified atom stereocenters. The molecule has 0 radical (unpaired) electrons. The average molecular weight is 293 g/mol. The Morgan fingerprint density at radius 3 is 2.95 bits per heavy atom. The van der Waals surface area contributed by atoms with E-state index in [-0.39, 0.29) is 24.8 Å². The number of aliphatic hydroxyl groups is 1. The number of carbonyl (C=O) groups is 2. The highest BCUT2D eigenvalue weighted by molar-refractivity contribution is 5.93. The lowest BCUT2D eigenvalue weighted by atomic mass is 10.3. The van der Waals surface area contributed by atoms with Crippen molar-refractivity contribution in [1.29, 1.82) is 0 Å². The number of anilines is 1. The fourth-order valence-electron chi connectivity index (χ4n) is 1.53. The summed E-state index contributed by atoms with van der Waals surface area (Å²) in [7, 11) is 3.09. The zero-order valence-electron chi connectivity index (χ0n) is 12.1. The van der Waals surface area contributed by atoms with Crippen LogP contribution < -0.4 is 10.2 Å². The third kappa shape index (κ3) is 5.62. The molecule has 0 bridgehead atoms. The Labute approximate surface area is 123 Å². The lowest BCUT2D eigenvalue weighted by Crippen LogP contribution is -2.26. The van der Waals surface area contributed by atoms with Crippen molar-refractivity contribution in [2.45, 2.75) is 0 Å². The van der Waals surface area contributed by atoms with Crippen LogP contribution in [0.3, 0.4) is 0 Å². The number of rotatable bonds is 7. The smallest absolute Gasteiger partial charge is 0.330 e. The van der Waals surface area contributed by atoms with Crippen molar-refractivity contribution in [1.82, 2.24) is 10.3 Å². The van der Waals surface area contributed by atoms with Gasteiger partial charge in [-0.3, -0.25) is 9.78 Å². The van der Waals surface area contributed by atoms with Crippen LogP contribution in [0.1, 0.15) is 10.5 Å². The summed E-state index contributed by atoms with van der Waals surface area (Å²) in [6.45, 7) is 0.692. The largest absolute Gasteiger partial charge is 0.466 e. The van der Waals surface area contributed by atoms with Crippen LogP contribution in [-0.4, -0.2) is 55.8 Å². The molecule has 0 atom stereocenters. The van der Waals surface area contributed by atoms with E-state index in [0.29, 0.717) is 6.54 Å². The summed E-state index contributed by atoms with van der Waals surface area (Å²) in [5.41, 5.74) is 1.05. The van der Waals surface area contributed by atoms with Crippen LogP contribution in [0.2, 0.25) is 0 Å². The molecule has 0 aliphatic carbocycles. The van der Waals surface area contributed by atoms with Crippen molar-refractivity contribution >= 4 is 17.6 Å². The maximum atomic E-state index is 11.9. The average Bonchev–Trinajstić information content (AvgIpc) is 2.51. The quantitative estimate of drug-likeness (QED) is 0.542. The molecule has 0 spiro atoms. The third-order valence-corrected chi connectivity index (χ3v) is 2.69. The van der Waals surface area contributed by atoms with Gasteiger partial charge in [-0.15, -0.1) is 0 Å².